The van der Waals surface area contributed by atoms with Crippen LogP contribution in [-0.2, 0) is 4.43 Å². The summed E-state index contributed by atoms with van der Waals surface area (Å²) in [5.41, 5.74) is 1.13. The summed E-state index contributed by atoms with van der Waals surface area (Å²) >= 11 is 0. The smallest absolute Gasteiger partial charge is 0.189 e. The van der Waals surface area contributed by atoms with Gasteiger partial charge in [0.15, 0.2) is 8.32 Å². The van der Waals surface area contributed by atoms with Crippen molar-refractivity contribution in [3.63, 3.8) is 0 Å². The Balaban J connectivity index is 4.61. The van der Waals surface area contributed by atoms with Crippen LogP contribution in [0.3, 0.4) is 0 Å². The normalized spacial score (nSPS) is 14.2. The van der Waals surface area contributed by atoms with Gasteiger partial charge in [-0.25, -0.2) is 0 Å². The van der Waals surface area contributed by atoms with E-state index in [1.54, 1.807) is 0 Å². The van der Waals surface area contributed by atoms with E-state index < -0.39 is 8.32 Å². The maximum Gasteiger partial charge on any atom is 0.189 e. The van der Waals surface area contributed by atoms with Crippen molar-refractivity contribution in [1.82, 2.24) is 4.90 Å². The molecule has 1 atom stereocenters. The van der Waals surface area contributed by atoms with E-state index in [9.17, 15) is 0 Å². The van der Waals surface area contributed by atoms with E-state index in [-0.39, 0.29) is 6.23 Å². The van der Waals surface area contributed by atoms with Gasteiger partial charge in [-0.3, -0.25) is 4.90 Å². The van der Waals surface area contributed by atoms with Crippen LogP contribution in [-0.4, -0.2) is 32.5 Å². The molecule has 0 amide bonds. The molecule has 1 unspecified atom stereocenters. The molecule has 2 nitrogen and oxygen atoms in total. The Kier molecular flexibility index (Phi) is 7.20. The van der Waals surface area contributed by atoms with Crippen molar-refractivity contribution < 1.29 is 4.43 Å². The lowest BCUT2D eigenvalue weighted by Crippen LogP contribution is -2.45. The number of hydrogen-bond acceptors (Lipinski definition) is 2. The third kappa shape index (κ3) is 5.28. The van der Waals surface area contributed by atoms with E-state index in [1.807, 2.05) is 0 Å². The Labute approximate surface area is 103 Å². The predicted molar refractivity (Wildman–Crippen MR) is 75.2 cm³/mol. The molecule has 0 aromatic carbocycles. The highest BCUT2D eigenvalue weighted by Gasteiger charge is 2.28. The zero-order valence-electron chi connectivity index (χ0n) is 12.0. The van der Waals surface area contributed by atoms with Crippen molar-refractivity contribution in [2.24, 2.45) is 0 Å². The molecular formula is C13H29NOSi. The summed E-state index contributed by atoms with van der Waals surface area (Å²) in [4.78, 5) is 2.34. The molecule has 0 radical (unpaired) electrons. The average Bonchev–Trinajstić information content (AvgIpc) is 2.17. The second kappa shape index (κ2) is 7.25. The maximum atomic E-state index is 6.35. The molecule has 0 bridgehead atoms. The number of likely N-dealkylation sites (N-methyl/N-ethyl adjacent to an activating group) is 1. The van der Waals surface area contributed by atoms with Crippen LogP contribution < -0.4 is 0 Å². The van der Waals surface area contributed by atoms with Crippen molar-refractivity contribution in [3.8, 4) is 0 Å². The molecule has 0 aromatic rings. The van der Waals surface area contributed by atoms with Gasteiger partial charge in [-0.05, 0) is 44.7 Å². The highest BCUT2D eigenvalue weighted by atomic mass is 28.4. The molecule has 0 heterocycles. The monoisotopic (exact) mass is 243 g/mol. The van der Waals surface area contributed by atoms with Crippen LogP contribution in [0.5, 0.6) is 0 Å². The summed E-state index contributed by atoms with van der Waals surface area (Å²) in [5, 5.41) is 0. The molecule has 0 saturated heterocycles. The molecule has 0 spiro atoms. The minimum absolute atomic E-state index is 0.114. The quantitative estimate of drug-likeness (QED) is 0.365. The summed E-state index contributed by atoms with van der Waals surface area (Å²) < 4.78 is 6.35. The van der Waals surface area contributed by atoms with E-state index in [2.05, 4.69) is 52.3 Å². The maximum absolute atomic E-state index is 6.35. The van der Waals surface area contributed by atoms with Crippen LogP contribution in [0.15, 0.2) is 12.2 Å². The third-order valence-electron chi connectivity index (χ3n) is 2.85. The van der Waals surface area contributed by atoms with E-state index >= 15 is 0 Å². The van der Waals surface area contributed by atoms with Crippen LogP contribution in [0, 0.1) is 0 Å². The van der Waals surface area contributed by atoms with E-state index in [4.69, 9.17) is 4.43 Å². The lowest BCUT2D eigenvalue weighted by Gasteiger charge is -2.36. The molecule has 0 aliphatic rings. The van der Waals surface area contributed by atoms with Gasteiger partial charge in [0, 0.05) is 0 Å². The van der Waals surface area contributed by atoms with E-state index in [1.165, 1.54) is 12.5 Å². The second-order valence-corrected chi connectivity index (χ2v) is 9.30. The standard InChI is InChI=1S/C13H29NOSi/c1-8-11-16(6,7)15-13(12(4)5)14(9-2)10-3/h13H,4,8-11H2,1-3,5-7H3. The van der Waals surface area contributed by atoms with Crippen molar-refractivity contribution in [3.05, 3.63) is 12.2 Å². The lowest BCUT2D eigenvalue weighted by atomic mass is 10.3. The van der Waals surface area contributed by atoms with Crippen LogP contribution in [0.1, 0.15) is 34.1 Å². The number of rotatable bonds is 8. The molecule has 0 saturated carbocycles. The SMILES string of the molecule is C=C(C)C(O[Si](C)(C)CCC)N(CC)CC. The predicted octanol–water partition coefficient (Wildman–Crippen LogP) is 3.86. The first-order valence-corrected chi connectivity index (χ1v) is 9.56. The van der Waals surface area contributed by atoms with Crippen LogP contribution >= 0.6 is 0 Å². The Morgan fingerprint density at radius 2 is 1.75 bits per heavy atom. The molecule has 16 heavy (non-hydrogen) atoms. The van der Waals surface area contributed by atoms with Gasteiger partial charge < -0.3 is 4.43 Å². The summed E-state index contributed by atoms with van der Waals surface area (Å²) in [6, 6.07) is 1.22. The fourth-order valence-corrected chi connectivity index (χ4v) is 4.28. The van der Waals surface area contributed by atoms with Gasteiger partial charge in [0.05, 0.1) is 0 Å². The van der Waals surface area contributed by atoms with Gasteiger partial charge in [-0.15, -0.1) is 0 Å². The Morgan fingerprint density at radius 3 is 2.06 bits per heavy atom. The number of hydrogen-bond donors (Lipinski definition) is 0. The van der Waals surface area contributed by atoms with Gasteiger partial charge in [0.2, 0.25) is 0 Å². The first-order valence-electron chi connectivity index (χ1n) is 6.45. The van der Waals surface area contributed by atoms with E-state index in [0.29, 0.717) is 0 Å². The first-order chi connectivity index (χ1) is 7.37. The van der Waals surface area contributed by atoms with E-state index in [0.717, 1.165) is 18.7 Å². The summed E-state index contributed by atoms with van der Waals surface area (Å²) in [5.74, 6) is 0. The van der Waals surface area contributed by atoms with Crippen molar-refractivity contribution in [2.45, 2.75) is 59.5 Å². The van der Waals surface area contributed by atoms with Gasteiger partial charge in [-0.1, -0.05) is 33.8 Å². The Hall–Kier alpha value is -0.123. The molecule has 0 rings (SSSR count). The zero-order chi connectivity index (χ0) is 12.8. The minimum Gasteiger partial charge on any atom is -0.398 e. The Morgan fingerprint density at radius 1 is 1.25 bits per heavy atom. The molecular weight excluding hydrogens is 214 g/mol. The fourth-order valence-electron chi connectivity index (χ4n) is 2.01. The molecule has 0 aliphatic heterocycles. The number of nitrogens with zero attached hydrogens (tertiary/aromatic N) is 1. The zero-order valence-corrected chi connectivity index (χ0v) is 13.0. The molecule has 0 fully saturated rings. The topological polar surface area (TPSA) is 12.5 Å². The van der Waals surface area contributed by atoms with Crippen LogP contribution in [0.4, 0.5) is 0 Å². The second-order valence-electron chi connectivity index (χ2n) is 5.05. The Bertz CT molecular complexity index is 212. The van der Waals surface area contributed by atoms with Gasteiger partial charge in [-0.2, -0.15) is 0 Å². The van der Waals surface area contributed by atoms with Gasteiger partial charge >= 0.3 is 0 Å². The molecule has 0 N–H and O–H groups in total. The van der Waals surface area contributed by atoms with Gasteiger partial charge in [0.1, 0.15) is 6.23 Å². The largest absolute Gasteiger partial charge is 0.398 e. The summed E-state index contributed by atoms with van der Waals surface area (Å²) in [7, 11) is -1.53. The van der Waals surface area contributed by atoms with Crippen molar-refractivity contribution in [2.75, 3.05) is 13.1 Å². The molecule has 3 heteroatoms. The molecule has 0 aliphatic carbocycles. The van der Waals surface area contributed by atoms with Gasteiger partial charge in [0.25, 0.3) is 0 Å². The van der Waals surface area contributed by atoms with Crippen molar-refractivity contribution in [1.29, 1.82) is 0 Å². The highest BCUT2D eigenvalue weighted by Crippen LogP contribution is 2.20. The van der Waals surface area contributed by atoms with Crippen LogP contribution in [0.25, 0.3) is 0 Å². The molecule has 96 valence electrons. The summed E-state index contributed by atoms with van der Waals surface area (Å²) in [6.07, 6.45) is 1.32. The minimum atomic E-state index is -1.53. The molecule has 0 aromatic heterocycles. The lowest BCUT2D eigenvalue weighted by molar-refractivity contribution is 0.0547. The van der Waals surface area contributed by atoms with Crippen LogP contribution in [0.2, 0.25) is 19.1 Å². The fraction of sp³-hybridized carbons (Fsp3) is 0.846. The third-order valence-corrected chi connectivity index (χ3v) is 5.41. The average molecular weight is 243 g/mol. The first kappa shape index (κ1) is 15.9. The highest BCUT2D eigenvalue weighted by molar-refractivity contribution is 6.71. The summed E-state index contributed by atoms with van der Waals surface area (Å²) in [6.45, 7) is 19.4. The van der Waals surface area contributed by atoms with Crippen molar-refractivity contribution >= 4 is 8.32 Å².